The molecule has 2 atom stereocenters. The normalized spacial score (nSPS) is 29.8. The van der Waals surface area contributed by atoms with E-state index in [4.69, 9.17) is 4.74 Å². The molecular formula is C12H24N2O. The van der Waals surface area contributed by atoms with E-state index < -0.39 is 0 Å². The Morgan fingerprint density at radius 2 is 2.27 bits per heavy atom. The fourth-order valence-electron chi connectivity index (χ4n) is 2.32. The fourth-order valence-corrected chi connectivity index (χ4v) is 2.32. The molecule has 0 saturated carbocycles. The van der Waals surface area contributed by atoms with Crippen molar-refractivity contribution in [3.63, 3.8) is 0 Å². The second-order valence-electron chi connectivity index (χ2n) is 5.04. The molecule has 0 aromatic carbocycles. The van der Waals surface area contributed by atoms with Crippen LogP contribution < -0.4 is 10.6 Å². The van der Waals surface area contributed by atoms with E-state index in [1.54, 1.807) is 0 Å². The summed E-state index contributed by atoms with van der Waals surface area (Å²) >= 11 is 0. The van der Waals surface area contributed by atoms with Crippen LogP contribution in [0, 0.1) is 11.8 Å². The van der Waals surface area contributed by atoms with Crippen molar-refractivity contribution in [1.82, 2.24) is 10.6 Å². The molecular weight excluding hydrogens is 188 g/mol. The molecule has 0 radical (unpaired) electrons. The van der Waals surface area contributed by atoms with Gasteiger partial charge in [-0.3, -0.25) is 0 Å². The van der Waals surface area contributed by atoms with Gasteiger partial charge in [-0.05, 0) is 50.7 Å². The van der Waals surface area contributed by atoms with E-state index in [0.29, 0.717) is 6.10 Å². The third kappa shape index (κ3) is 3.44. The Kier molecular flexibility index (Phi) is 4.42. The second-order valence-corrected chi connectivity index (χ2v) is 5.04. The summed E-state index contributed by atoms with van der Waals surface area (Å²) < 4.78 is 5.69. The summed E-state index contributed by atoms with van der Waals surface area (Å²) in [6, 6.07) is 0. The van der Waals surface area contributed by atoms with Gasteiger partial charge in [0.15, 0.2) is 0 Å². The van der Waals surface area contributed by atoms with Gasteiger partial charge in [-0.25, -0.2) is 0 Å². The molecule has 2 aliphatic heterocycles. The lowest BCUT2D eigenvalue weighted by atomic mass is 9.89. The van der Waals surface area contributed by atoms with Crippen molar-refractivity contribution in [2.75, 3.05) is 32.8 Å². The highest BCUT2D eigenvalue weighted by molar-refractivity contribution is 4.80. The largest absolute Gasteiger partial charge is 0.377 e. The van der Waals surface area contributed by atoms with Gasteiger partial charge in [-0.15, -0.1) is 0 Å². The third-order valence-corrected chi connectivity index (χ3v) is 3.73. The highest BCUT2D eigenvalue weighted by atomic mass is 16.5. The maximum atomic E-state index is 5.69. The Hall–Kier alpha value is -0.120. The van der Waals surface area contributed by atoms with E-state index in [1.807, 2.05) is 0 Å². The summed E-state index contributed by atoms with van der Waals surface area (Å²) in [5.74, 6) is 1.69. The van der Waals surface area contributed by atoms with Gasteiger partial charge in [0.1, 0.15) is 0 Å². The second kappa shape index (κ2) is 5.83. The van der Waals surface area contributed by atoms with Gasteiger partial charge < -0.3 is 15.4 Å². The van der Waals surface area contributed by atoms with Gasteiger partial charge in [0, 0.05) is 13.2 Å². The van der Waals surface area contributed by atoms with Gasteiger partial charge in [0.2, 0.25) is 0 Å². The van der Waals surface area contributed by atoms with Gasteiger partial charge >= 0.3 is 0 Å². The first-order valence-electron chi connectivity index (χ1n) is 6.39. The molecule has 0 amide bonds. The van der Waals surface area contributed by atoms with Crippen molar-refractivity contribution in [3.05, 3.63) is 0 Å². The lowest BCUT2D eigenvalue weighted by Crippen LogP contribution is -2.48. The molecule has 3 nitrogen and oxygen atoms in total. The van der Waals surface area contributed by atoms with Crippen LogP contribution in [0.15, 0.2) is 0 Å². The maximum absolute atomic E-state index is 5.69. The average Bonchev–Trinajstić information content (AvgIpc) is 2.16. The lowest BCUT2D eigenvalue weighted by molar-refractivity contribution is 0.0161. The fraction of sp³-hybridized carbons (Fsp3) is 1.00. The minimum absolute atomic E-state index is 0.477. The van der Waals surface area contributed by atoms with Crippen molar-refractivity contribution >= 4 is 0 Å². The molecule has 88 valence electrons. The van der Waals surface area contributed by atoms with Crippen molar-refractivity contribution in [1.29, 1.82) is 0 Å². The predicted molar refractivity (Wildman–Crippen MR) is 62.0 cm³/mol. The van der Waals surface area contributed by atoms with Crippen LogP contribution in [0.3, 0.4) is 0 Å². The van der Waals surface area contributed by atoms with Crippen molar-refractivity contribution in [2.45, 2.75) is 32.3 Å². The van der Waals surface area contributed by atoms with Crippen molar-refractivity contribution < 1.29 is 4.74 Å². The van der Waals surface area contributed by atoms with E-state index in [1.165, 1.54) is 32.4 Å². The Morgan fingerprint density at radius 1 is 1.40 bits per heavy atom. The highest BCUT2D eigenvalue weighted by Gasteiger charge is 2.23. The SMILES string of the molecule is CC(CNCC1CCCCO1)C1CNC1. The van der Waals surface area contributed by atoms with E-state index >= 15 is 0 Å². The molecule has 2 unspecified atom stereocenters. The zero-order valence-corrected chi connectivity index (χ0v) is 9.80. The summed E-state index contributed by atoms with van der Waals surface area (Å²) in [5.41, 5.74) is 0. The molecule has 0 aromatic heterocycles. The standard InChI is InChI=1S/C12H24N2O/c1-10(11-7-14-8-11)6-13-9-12-4-2-3-5-15-12/h10-14H,2-9H2,1H3. The van der Waals surface area contributed by atoms with E-state index in [-0.39, 0.29) is 0 Å². The molecule has 2 heterocycles. The minimum Gasteiger partial charge on any atom is -0.377 e. The third-order valence-electron chi connectivity index (χ3n) is 3.73. The Morgan fingerprint density at radius 3 is 2.87 bits per heavy atom. The van der Waals surface area contributed by atoms with E-state index in [0.717, 1.165) is 31.5 Å². The smallest absolute Gasteiger partial charge is 0.0699 e. The maximum Gasteiger partial charge on any atom is 0.0699 e. The van der Waals surface area contributed by atoms with Crippen molar-refractivity contribution in [3.8, 4) is 0 Å². The zero-order valence-electron chi connectivity index (χ0n) is 9.80. The van der Waals surface area contributed by atoms with Crippen LogP contribution in [-0.2, 0) is 4.74 Å². The molecule has 2 saturated heterocycles. The number of ether oxygens (including phenoxy) is 1. The molecule has 2 rings (SSSR count). The van der Waals surface area contributed by atoms with Crippen molar-refractivity contribution in [2.24, 2.45) is 11.8 Å². The molecule has 0 spiro atoms. The van der Waals surface area contributed by atoms with Crippen LogP contribution in [0.1, 0.15) is 26.2 Å². The lowest BCUT2D eigenvalue weighted by Gasteiger charge is -2.33. The summed E-state index contributed by atoms with van der Waals surface area (Å²) in [4.78, 5) is 0. The van der Waals surface area contributed by atoms with Crippen LogP contribution in [0.25, 0.3) is 0 Å². The van der Waals surface area contributed by atoms with Gasteiger partial charge in [0.25, 0.3) is 0 Å². The van der Waals surface area contributed by atoms with Crippen LogP contribution >= 0.6 is 0 Å². The first kappa shape index (κ1) is 11.4. The van der Waals surface area contributed by atoms with Gasteiger partial charge in [-0.1, -0.05) is 6.92 Å². The molecule has 2 fully saturated rings. The average molecular weight is 212 g/mol. The highest BCUT2D eigenvalue weighted by Crippen LogP contribution is 2.15. The quantitative estimate of drug-likeness (QED) is 0.713. The van der Waals surface area contributed by atoms with Crippen LogP contribution in [0.5, 0.6) is 0 Å². The topological polar surface area (TPSA) is 33.3 Å². The summed E-state index contributed by atoms with van der Waals surface area (Å²) in [5, 5.41) is 6.88. The zero-order chi connectivity index (χ0) is 10.5. The van der Waals surface area contributed by atoms with Gasteiger partial charge in [-0.2, -0.15) is 0 Å². The Balaban J connectivity index is 1.53. The molecule has 3 heteroatoms. The van der Waals surface area contributed by atoms with E-state index in [2.05, 4.69) is 17.6 Å². The number of rotatable bonds is 5. The summed E-state index contributed by atoms with van der Waals surface area (Å²) in [6.07, 6.45) is 4.31. The van der Waals surface area contributed by atoms with Crippen LogP contribution in [0.2, 0.25) is 0 Å². The number of nitrogens with one attached hydrogen (secondary N) is 2. The molecule has 0 aliphatic carbocycles. The Labute approximate surface area is 93.0 Å². The summed E-state index contributed by atoms with van der Waals surface area (Å²) in [6.45, 7) is 7.93. The number of hydrogen-bond donors (Lipinski definition) is 2. The molecule has 2 N–H and O–H groups in total. The molecule has 0 bridgehead atoms. The van der Waals surface area contributed by atoms with E-state index in [9.17, 15) is 0 Å². The Bertz CT molecular complexity index is 174. The van der Waals surface area contributed by atoms with Gasteiger partial charge in [0.05, 0.1) is 6.10 Å². The minimum atomic E-state index is 0.477. The monoisotopic (exact) mass is 212 g/mol. The van der Waals surface area contributed by atoms with Crippen LogP contribution in [-0.4, -0.2) is 38.9 Å². The first-order valence-corrected chi connectivity index (χ1v) is 6.39. The number of hydrogen-bond acceptors (Lipinski definition) is 3. The molecule has 2 aliphatic rings. The van der Waals surface area contributed by atoms with Crippen LogP contribution in [0.4, 0.5) is 0 Å². The first-order chi connectivity index (χ1) is 7.36. The summed E-state index contributed by atoms with van der Waals surface area (Å²) in [7, 11) is 0. The predicted octanol–water partition coefficient (Wildman–Crippen LogP) is 1.00. The molecule has 15 heavy (non-hydrogen) atoms. The molecule has 0 aromatic rings.